The van der Waals surface area contributed by atoms with Crippen molar-refractivity contribution in [3.63, 3.8) is 0 Å². The molecule has 2 N–H and O–H groups in total. The van der Waals surface area contributed by atoms with E-state index in [0.717, 1.165) is 25.7 Å². The number of hydrogen-bond donors (Lipinski definition) is 2. The van der Waals surface area contributed by atoms with Crippen LogP contribution in [0.5, 0.6) is 0 Å². The zero-order valence-corrected chi connectivity index (χ0v) is 14.6. The lowest BCUT2D eigenvalue weighted by atomic mass is 9.45. The zero-order chi connectivity index (χ0) is 16.8. The molecule has 23 heavy (non-hydrogen) atoms. The molecular formula is C20H30O3. The Morgan fingerprint density at radius 3 is 2.70 bits per heavy atom. The minimum Gasteiger partial charge on any atom is -0.472 e. The van der Waals surface area contributed by atoms with Crippen LogP contribution in [0.3, 0.4) is 0 Å². The second-order valence-electron chi connectivity index (χ2n) is 8.51. The van der Waals surface area contributed by atoms with Gasteiger partial charge in [0.1, 0.15) is 0 Å². The van der Waals surface area contributed by atoms with Crippen LogP contribution in [0, 0.1) is 22.7 Å². The molecule has 0 aliphatic heterocycles. The molecule has 128 valence electrons. The van der Waals surface area contributed by atoms with Crippen molar-refractivity contribution >= 4 is 0 Å². The molecule has 5 unspecified atom stereocenters. The van der Waals surface area contributed by atoms with Crippen LogP contribution in [0.2, 0.25) is 0 Å². The molecule has 5 atom stereocenters. The quantitative estimate of drug-likeness (QED) is 0.830. The maximum atomic E-state index is 10.8. The van der Waals surface area contributed by atoms with E-state index in [2.05, 4.69) is 27.4 Å². The lowest BCUT2D eigenvalue weighted by Gasteiger charge is -2.61. The Labute approximate surface area is 139 Å². The fourth-order valence-electron chi connectivity index (χ4n) is 5.63. The van der Waals surface area contributed by atoms with Crippen molar-refractivity contribution in [2.75, 3.05) is 0 Å². The number of aliphatic hydroxyl groups is 2. The topological polar surface area (TPSA) is 53.6 Å². The van der Waals surface area contributed by atoms with E-state index in [1.165, 1.54) is 11.1 Å². The molecule has 3 rings (SSSR count). The van der Waals surface area contributed by atoms with E-state index in [-0.39, 0.29) is 22.9 Å². The first kappa shape index (κ1) is 16.8. The minimum absolute atomic E-state index is 0.00121. The molecule has 3 heteroatoms. The van der Waals surface area contributed by atoms with E-state index in [4.69, 9.17) is 4.42 Å². The molecule has 1 heterocycles. The normalized spacial score (nSPS) is 40.0. The molecular weight excluding hydrogens is 288 g/mol. The van der Waals surface area contributed by atoms with Gasteiger partial charge in [0.05, 0.1) is 24.7 Å². The summed E-state index contributed by atoms with van der Waals surface area (Å²) in [4.78, 5) is 0. The fourth-order valence-corrected chi connectivity index (χ4v) is 5.63. The third-order valence-electron chi connectivity index (χ3n) is 6.77. The Kier molecular flexibility index (Phi) is 4.22. The average Bonchev–Trinajstić information content (AvgIpc) is 2.95. The first-order valence-corrected chi connectivity index (χ1v) is 8.81. The maximum absolute atomic E-state index is 10.8. The third-order valence-corrected chi connectivity index (χ3v) is 6.77. The van der Waals surface area contributed by atoms with Gasteiger partial charge in [0.2, 0.25) is 0 Å². The van der Waals surface area contributed by atoms with Crippen LogP contribution in [-0.4, -0.2) is 22.4 Å². The molecule has 0 amide bonds. The van der Waals surface area contributed by atoms with Crippen LogP contribution in [0.4, 0.5) is 0 Å². The summed E-state index contributed by atoms with van der Waals surface area (Å²) < 4.78 is 5.18. The van der Waals surface area contributed by atoms with Crippen molar-refractivity contribution in [1.82, 2.24) is 0 Å². The molecule has 0 saturated heterocycles. The van der Waals surface area contributed by atoms with Gasteiger partial charge in [0.25, 0.3) is 0 Å². The van der Waals surface area contributed by atoms with E-state index in [9.17, 15) is 10.2 Å². The Hall–Kier alpha value is -1.06. The van der Waals surface area contributed by atoms with E-state index in [1.807, 2.05) is 12.3 Å². The summed E-state index contributed by atoms with van der Waals surface area (Å²) in [6, 6.07) is 2.02. The lowest BCUT2D eigenvalue weighted by molar-refractivity contribution is -0.168. The van der Waals surface area contributed by atoms with Crippen molar-refractivity contribution in [2.24, 2.45) is 22.7 Å². The van der Waals surface area contributed by atoms with Gasteiger partial charge >= 0.3 is 0 Å². The van der Waals surface area contributed by atoms with Crippen LogP contribution >= 0.6 is 0 Å². The third kappa shape index (κ3) is 2.68. The van der Waals surface area contributed by atoms with Crippen LogP contribution in [0.25, 0.3) is 0 Å². The number of aliphatic hydroxyl groups excluding tert-OH is 2. The lowest BCUT2D eigenvalue weighted by Crippen LogP contribution is -2.59. The van der Waals surface area contributed by atoms with Gasteiger partial charge in [-0.2, -0.15) is 0 Å². The van der Waals surface area contributed by atoms with Crippen molar-refractivity contribution in [3.05, 3.63) is 36.3 Å². The van der Waals surface area contributed by atoms with Gasteiger partial charge in [-0.15, -0.1) is 0 Å². The Morgan fingerprint density at radius 1 is 1.30 bits per heavy atom. The molecule has 1 aromatic rings. The average molecular weight is 318 g/mol. The Bertz CT molecular complexity index is 559. The number of aryl methyl sites for hydroxylation is 1. The first-order valence-electron chi connectivity index (χ1n) is 8.81. The predicted molar refractivity (Wildman–Crippen MR) is 90.9 cm³/mol. The van der Waals surface area contributed by atoms with Crippen molar-refractivity contribution < 1.29 is 14.6 Å². The second kappa shape index (κ2) is 5.78. The summed E-state index contributed by atoms with van der Waals surface area (Å²) in [5.41, 5.74) is 2.13. The fraction of sp³-hybridized carbons (Fsp3) is 0.700. The highest BCUT2D eigenvalue weighted by atomic mass is 16.3. The molecule has 2 fully saturated rings. The smallest absolute Gasteiger partial charge is 0.0934 e. The van der Waals surface area contributed by atoms with Crippen molar-refractivity contribution in [2.45, 2.75) is 65.1 Å². The van der Waals surface area contributed by atoms with Crippen LogP contribution in [-0.2, 0) is 6.42 Å². The predicted octanol–water partition coefficient (Wildman–Crippen LogP) is 3.95. The van der Waals surface area contributed by atoms with E-state index >= 15 is 0 Å². The molecule has 3 nitrogen and oxygen atoms in total. The summed E-state index contributed by atoms with van der Waals surface area (Å²) in [6.45, 7) is 10.8. The molecule has 0 radical (unpaired) electrons. The van der Waals surface area contributed by atoms with Crippen LogP contribution in [0.1, 0.15) is 52.0 Å². The summed E-state index contributed by atoms with van der Waals surface area (Å²) >= 11 is 0. The number of hydrogen-bond acceptors (Lipinski definition) is 3. The van der Waals surface area contributed by atoms with Gasteiger partial charge in [-0.25, -0.2) is 0 Å². The zero-order valence-electron chi connectivity index (χ0n) is 14.6. The Morgan fingerprint density at radius 2 is 2.04 bits per heavy atom. The van der Waals surface area contributed by atoms with Gasteiger partial charge in [-0.05, 0) is 66.4 Å². The van der Waals surface area contributed by atoms with Gasteiger partial charge in [-0.3, -0.25) is 0 Å². The first-order chi connectivity index (χ1) is 10.8. The van der Waals surface area contributed by atoms with Crippen LogP contribution in [0.15, 0.2) is 35.2 Å². The summed E-state index contributed by atoms with van der Waals surface area (Å²) in [5, 5.41) is 21.3. The van der Waals surface area contributed by atoms with Crippen molar-refractivity contribution in [1.29, 1.82) is 0 Å². The molecule has 2 aliphatic carbocycles. The monoisotopic (exact) mass is 318 g/mol. The van der Waals surface area contributed by atoms with E-state index < -0.39 is 6.10 Å². The molecule has 2 aliphatic rings. The molecule has 2 saturated carbocycles. The largest absolute Gasteiger partial charge is 0.472 e. The van der Waals surface area contributed by atoms with Crippen molar-refractivity contribution in [3.8, 4) is 0 Å². The number of fused-ring (bicyclic) bond motifs is 1. The summed E-state index contributed by atoms with van der Waals surface area (Å²) in [5.74, 6) is 0.496. The highest BCUT2D eigenvalue weighted by molar-refractivity contribution is 5.20. The second-order valence-corrected chi connectivity index (χ2v) is 8.51. The Balaban J connectivity index is 1.88. The summed E-state index contributed by atoms with van der Waals surface area (Å²) in [7, 11) is 0. The van der Waals surface area contributed by atoms with Gasteiger partial charge in [0, 0.05) is 0 Å². The highest BCUT2D eigenvalue weighted by Gasteiger charge is 2.58. The SMILES string of the molecule is C=C1CC(O)C2C(C)(C)C(O)CCC2(C)C1CCc1ccoc1. The molecule has 0 spiro atoms. The highest BCUT2D eigenvalue weighted by Crippen LogP contribution is 2.61. The minimum atomic E-state index is -0.400. The van der Waals surface area contributed by atoms with E-state index in [1.54, 1.807) is 6.26 Å². The van der Waals surface area contributed by atoms with Gasteiger partial charge in [-0.1, -0.05) is 32.9 Å². The molecule has 0 bridgehead atoms. The maximum Gasteiger partial charge on any atom is 0.0934 e. The number of rotatable bonds is 3. The van der Waals surface area contributed by atoms with Gasteiger partial charge in [0.15, 0.2) is 0 Å². The number of furan rings is 1. The van der Waals surface area contributed by atoms with Crippen LogP contribution < -0.4 is 0 Å². The standard InChI is InChI=1S/C20H30O3/c1-13-11-16(21)18-19(2,3)17(22)7-9-20(18,4)15(13)6-5-14-8-10-23-12-14/h8,10,12,15-18,21-22H,1,5-7,9,11H2,2-4H3. The molecule has 1 aromatic heterocycles. The molecule has 0 aromatic carbocycles. The van der Waals surface area contributed by atoms with Gasteiger partial charge < -0.3 is 14.6 Å². The van der Waals surface area contributed by atoms with E-state index in [0.29, 0.717) is 12.3 Å². The summed E-state index contributed by atoms with van der Waals surface area (Å²) in [6.07, 6.45) is 7.22.